The molecule has 0 heterocycles. The normalized spacial score (nSPS) is 10.7. The molecule has 3 aromatic carbocycles. The van der Waals surface area contributed by atoms with Gasteiger partial charge in [-0.3, -0.25) is 0 Å². The molecule has 3 nitrogen and oxygen atoms in total. The predicted octanol–water partition coefficient (Wildman–Crippen LogP) is 4.51. The van der Waals surface area contributed by atoms with Crippen molar-refractivity contribution in [1.82, 2.24) is 0 Å². The van der Waals surface area contributed by atoms with Crippen LogP contribution in [0.3, 0.4) is 0 Å². The molecule has 0 amide bonds. The Morgan fingerprint density at radius 1 is 0.875 bits per heavy atom. The Labute approximate surface area is 141 Å². The van der Waals surface area contributed by atoms with E-state index < -0.39 is 0 Å². The van der Waals surface area contributed by atoms with Crippen LogP contribution in [0.4, 0.5) is 0 Å². The second kappa shape index (κ2) is 7.18. The number of hydrogen-bond acceptors (Lipinski definition) is 3. The molecular formula is C21H20O3. The van der Waals surface area contributed by atoms with Crippen molar-refractivity contribution in [3.8, 4) is 5.75 Å². The van der Waals surface area contributed by atoms with E-state index in [1.807, 2.05) is 36.4 Å². The van der Waals surface area contributed by atoms with Crippen LogP contribution in [0.15, 0.2) is 60.7 Å². The lowest BCUT2D eigenvalue weighted by Crippen LogP contribution is -2.04. The van der Waals surface area contributed by atoms with Crippen molar-refractivity contribution in [2.75, 3.05) is 6.61 Å². The smallest absolute Gasteiger partial charge is 0.338 e. The summed E-state index contributed by atoms with van der Waals surface area (Å²) in [5.41, 5.74) is 3.03. The van der Waals surface area contributed by atoms with Crippen LogP contribution < -0.4 is 0 Å². The van der Waals surface area contributed by atoms with E-state index in [9.17, 15) is 9.90 Å². The van der Waals surface area contributed by atoms with Crippen LogP contribution in [0.2, 0.25) is 0 Å². The Kier molecular flexibility index (Phi) is 4.80. The zero-order valence-corrected chi connectivity index (χ0v) is 13.7. The highest BCUT2D eigenvalue weighted by atomic mass is 16.5. The summed E-state index contributed by atoms with van der Waals surface area (Å²) in [7, 11) is 0. The summed E-state index contributed by atoms with van der Waals surface area (Å²) >= 11 is 0. The van der Waals surface area contributed by atoms with E-state index in [1.165, 1.54) is 11.1 Å². The first-order valence-electron chi connectivity index (χ1n) is 8.13. The van der Waals surface area contributed by atoms with Gasteiger partial charge in [-0.05, 0) is 65.9 Å². The number of phenols is 1. The number of aryl methyl sites for hydroxylation is 2. The number of fused-ring (bicyclic) bond motifs is 1. The molecule has 0 radical (unpaired) electrons. The van der Waals surface area contributed by atoms with Gasteiger partial charge in [-0.2, -0.15) is 0 Å². The standard InChI is InChI=1S/C21H20O3/c1-2-24-21(23)17-8-5-15(6-9-17)3-4-16-7-10-19-14-20(22)12-11-18(19)13-16/h5-14,22H,2-4H2,1H3. The van der Waals surface area contributed by atoms with Gasteiger partial charge in [-0.15, -0.1) is 0 Å². The van der Waals surface area contributed by atoms with E-state index in [0.717, 1.165) is 23.6 Å². The van der Waals surface area contributed by atoms with E-state index in [4.69, 9.17) is 4.74 Å². The number of ether oxygens (including phenoxy) is 1. The second-order valence-corrected chi connectivity index (χ2v) is 5.78. The third-order valence-electron chi connectivity index (χ3n) is 4.06. The molecule has 0 aliphatic heterocycles. The molecular weight excluding hydrogens is 300 g/mol. The largest absolute Gasteiger partial charge is 0.508 e. The van der Waals surface area contributed by atoms with Crippen molar-refractivity contribution in [1.29, 1.82) is 0 Å². The molecule has 3 heteroatoms. The average Bonchev–Trinajstić information content (AvgIpc) is 2.60. The van der Waals surface area contributed by atoms with Gasteiger partial charge < -0.3 is 9.84 Å². The number of carbonyl (C=O) groups excluding carboxylic acids is 1. The molecule has 0 saturated heterocycles. The van der Waals surface area contributed by atoms with Gasteiger partial charge in [0.2, 0.25) is 0 Å². The second-order valence-electron chi connectivity index (χ2n) is 5.78. The number of phenolic OH excluding ortho intramolecular Hbond substituents is 1. The summed E-state index contributed by atoms with van der Waals surface area (Å²) in [5, 5.41) is 11.7. The first kappa shape index (κ1) is 16.1. The van der Waals surface area contributed by atoms with E-state index in [-0.39, 0.29) is 11.7 Å². The molecule has 0 unspecified atom stereocenters. The highest BCUT2D eigenvalue weighted by Crippen LogP contribution is 2.22. The van der Waals surface area contributed by atoms with Crippen LogP contribution in [0, 0.1) is 0 Å². The summed E-state index contributed by atoms with van der Waals surface area (Å²) in [5.74, 6) is 0.0128. The molecule has 0 aromatic heterocycles. The zero-order chi connectivity index (χ0) is 16.9. The number of carbonyl (C=O) groups is 1. The molecule has 0 atom stereocenters. The van der Waals surface area contributed by atoms with Crippen LogP contribution >= 0.6 is 0 Å². The van der Waals surface area contributed by atoms with Crippen LogP contribution in [0.1, 0.15) is 28.4 Å². The summed E-state index contributed by atoms with van der Waals surface area (Å²) in [6, 6.07) is 19.3. The van der Waals surface area contributed by atoms with Gasteiger partial charge >= 0.3 is 5.97 Å². The molecule has 24 heavy (non-hydrogen) atoms. The molecule has 3 aromatic rings. The van der Waals surface area contributed by atoms with Crippen molar-refractivity contribution in [3.63, 3.8) is 0 Å². The quantitative estimate of drug-likeness (QED) is 0.704. The van der Waals surface area contributed by atoms with Gasteiger partial charge in [0.15, 0.2) is 0 Å². The maximum absolute atomic E-state index is 11.6. The van der Waals surface area contributed by atoms with E-state index >= 15 is 0 Å². The first-order chi connectivity index (χ1) is 11.7. The van der Waals surface area contributed by atoms with Crippen molar-refractivity contribution in [3.05, 3.63) is 77.4 Å². The minimum absolute atomic E-state index is 0.276. The van der Waals surface area contributed by atoms with Crippen molar-refractivity contribution < 1.29 is 14.6 Å². The SMILES string of the molecule is CCOC(=O)c1ccc(CCc2ccc3cc(O)ccc3c2)cc1. The molecule has 0 saturated carbocycles. The Morgan fingerprint density at radius 2 is 1.50 bits per heavy atom. The number of rotatable bonds is 5. The van der Waals surface area contributed by atoms with E-state index in [0.29, 0.717) is 12.2 Å². The molecule has 1 N–H and O–H groups in total. The van der Waals surface area contributed by atoms with Crippen LogP contribution in [0.5, 0.6) is 5.75 Å². The summed E-state index contributed by atoms with van der Waals surface area (Å²) in [4.78, 5) is 11.6. The fourth-order valence-electron chi connectivity index (χ4n) is 2.75. The van der Waals surface area contributed by atoms with Crippen molar-refractivity contribution >= 4 is 16.7 Å². The van der Waals surface area contributed by atoms with Crippen LogP contribution in [0.25, 0.3) is 10.8 Å². The summed E-state index contributed by atoms with van der Waals surface area (Å²) in [6.45, 7) is 2.19. The highest BCUT2D eigenvalue weighted by Gasteiger charge is 2.06. The highest BCUT2D eigenvalue weighted by molar-refractivity contribution is 5.89. The summed E-state index contributed by atoms with van der Waals surface area (Å²) < 4.78 is 4.99. The minimum atomic E-state index is -0.276. The lowest BCUT2D eigenvalue weighted by Gasteiger charge is -2.06. The fourth-order valence-corrected chi connectivity index (χ4v) is 2.75. The third-order valence-corrected chi connectivity index (χ3v) is 4.06. The minimum Gasteiger partial charge on any atom is -0.508 e. The Balaban J connectivity index is 1.67. The van der Waals surface area contributed by atoms with Crippen molar-refractivity contribution in [2.24, 2.45) is 0 Å². The van der Waals surface area contributed by atoms with Crippen molar-refractivity contribution in [2.45, 2.75) is 19.8 Å². The van der Waals surface area contributed by atoms with Gasteiger partial charge in [-0.1, -0.05) is 36.4 Å². The lowest BCUT2D eigenvalue weighted by atomic mass is 10.0. The number of hydrogen-bond donors (Lipinski definition) is 1. The Hall–Kier alpha value is -2.81. The first-order valence-corrected chi connectivity index (χ1v) is 8.13. The fraction of sp³-hybridized carbons (Fsp3) is 0.190. The molecule has 0 spiro atoms. The third kappa shape index (κ3) is 3.74. The predicted molar refractivity (Wildman–Crippen MR) is 95.4 cm³/mol. The van der Waals surface area contributed by atoms with Gasteiger partial charge in [0.25, 0.3) is 0 Å². The van der Waals surface area contributed by atoms with E-state index in [1.54, 1.807) is 19.1 Å². The van der Waals surface area contributed by atoms with E-state index in [2.05, 4.69) is 12.1 Å². The van der Waals surface area contributed by atoms with Crippen LogP contribution in [-0.2, 0) is 17.6 Å². The Bertz CT molecular complexity index is 851. The van der Waals surface area contributed by atoms with Gasteiger partial charge in [-0.25, -0.2) is 4.79 Å². The maximum atomic E-state index is 11.6. The van der Waals surface area contributed by atoms with Gasteiger partial charge in [0.1, 0.15) is 5.75 Å². The molecule has 122 valence electrons. The zero-order valence-electron chi connectivity index (χ0n) is 13.7. The monoisotopic (exact) mass is 320 g/mol. The lowest BCUT2D eigenvalue weighted by molar-refractivity contribution is 0.0526. The summed E-state index contributed by atoms with van der Waals surface area (Å²) in [6.07, 6.45) is 1.84. The maximum Gasteiger partial charge on any atom is 0.338 e. The Morgan fingerprint density at radius 3 is 2.25 bits per heavy atom. The van der Waals surface area contributed by atoms with Crippen LogP contribution in [-0.4, -0.2) is 17.7 Å². The number of aromatic hydroxyl groups is 1. The molecule has 0 bridgehead atoms. The topological polar surface area (TPSA) is 46.5 Å². The van der Waals surface area contributed by atoms with Gasteiger partial charge in [0.05, 0.1) is 12.2 Å². The molecule has 0 aliphatic carbocycles. The molecule has 0 aliphatic rings. The average molecular weight is 320 g/mol. The van der Waals surface area contributed by atoms with Gasteiger partial charge in [0, 0.05) is 0 Å². The number of benzene rings is 3. The molecule has 3 rings (SSSR count). The number of esters is 1. The molecule has 0 fully saturated rings.